The number of aliphatic hydroxyl groups excluding tert-OH is 1. The van der Waals surface area contributed by atoms with Gasteiger partial charge in [-0.1, -0.05) is 0 Å². The molecule has 2 N–H and O–H groups in total. The highest BCUT2D eigenvalue weighted by Crippen LogP contribution is 2.34. The topological polar surface area (TPSA) is 73.4 Å². The first-order valence-electron chi connectivity index (χ1n) is 8.36. The number of carbonyl (C=O) groups is 1. The Hall–Kier alpha value is -2.21. The molecule has 2 aliphatic heterocycles. The van der Waals surface area contributed by atoms with Gasteiger partial charge in [0.1, 0.15) is 11.4 Å². The van der Waals surface area contributed by atoms with Crippen LogP contribution in [0.2, 0.25) is 0 Å². The molecule has 2 saturated heterocycles. The molecule has 1 unspecified atom stereocenters. The average molecular weight is 330 g/mol. The monoisotopic (exact) mass is 330 g/mol. The Morgan fingerprint density at radius 3 is 2.67 bits per heavy atom. The number of hydrogen-bond donors (Lipinski definition) is 2. The molecule has 0 radical (unpaired) electrons. The van der Waals surface area contributed by atoms with Crippen LogP contribution in [-0.2, 0) is 0 Å². The number of halogens is 1. The highest BCUT2D eigenvalue weighted by atomic mass is 19.1. The van der Waals surface area contributed by atoms with E-state index in [1.807, 2.05) is 0 Å². The van der Waals surface area contributed by atoms with Gasteiger partial charge in [0.2, 0.25) is 5.43 Å². The van der Waals surface area contributed by atoms with Gasteiger partial charge in [-0.3, -0.25) is 9.59 Å². The summed E-state index contributed by atoms with van der Waals surface area (Å²) in [6.07, 6.45) is 4.88. The number of nitrogens with one attached hydrogen (secondary N) is 1. The van der Waals surface area contributed by atoms with E-state index in [0.29, 0.717) is 18.4 Å². The molecule has 2 aromatic rings. The number of nitrogens with zero attached hydrogens (tertiary/aromatic N) is 1. The summed E-state index contributed by atoms with van der Waals surface area (Å²) in [4.78, 5) is 30.4. The van der Waals surface area contributed by atoms with Gasteiger partial charge in [-0.05, 0) is 50.3 Å². The van der Waals surface area contributed by atoms with Gasteiger partial charge in [-0.25, -0.2) is 4.39 Å². The Labute approximate surface area is 138 Å². The molecule has 2 fully saturated rings. The van der Waals surface area contributed by atoms with E-state index in [-0.39, 0.29) is 35.0 Å². The van der Waals surface area contributed by atoms with Crippen LogP contribution in [0.25, 0.3) is 10.9 Å². The van der Waals surface area contributed by atoms with Gasteiger partial charge in [0.25, 0.3) is 5.91 Å². The Morgan fingerprint density at radius 2 is 1.96 bits per heavy atom. The maximum atomic E-state index is 13.5. The number of amides is 1. The third-order valence-corrected chi connectivity index (χ3v) is 5.26. The Morgan fingerprint density at radius 1 is 1.25 bits per heavy atom. The number of pyridine rings is 1. The van der Waals surface area contributed by atoms with E-state index >= 15 is 0 Å². The van der Waals surface area contributed by atoms with Crippen molar-refractivity contribution < 1.29 is 14.3 Å². The second-order valence-electron chi connectivity index (χ2n) is 6.80. The minimum absolute atomic E-state index is 0.0254. The summed E-state index contributed by atoms with van der Waals surface area (Å²) in [6, 6.07) is 3.87. The molecule has 24 heavy (non-hydrogen) atoms. The summed E-state index contributed by atoms with van der Waals surface area (Å²) in [6.45, 7) is 0. The highest BCUT2D eigenvalue weighted by Gasteiger charge is 2.41. The van der Waals surface area contributed by atoms with Crippen LogP contribution in [0.5, 0.6) is 0 Å². The van der Waals surface area contributed by atoms with Crippen molar-refractivity contribution >= 4 is 16.8 Å². The van der Waals surface area contributed by atoms with Crippen LogP contribution in [0.15, 0.2) is 29.2 Å². The lowest BCUT2D eigenvalue weighted by Gasteiger charge is -2.47. The van der Waals surface area contributed by atoms with Crippen LogP contribution >= 0.6 is 0 Å². The fraction of sp³-hybridized carbons (Fsp3) is 0.444. The molecule has 6 heteroatoms. The Kier molecular flexibility index (Phi) is 3.64. The smallest absolute Gasteiger partial charge is 0.259 e. The lowest BCUT2D eigenvalue weighted by atomic mass is 9.82. The van der Waals surface area contributed by atoms with E-state index in [0.717, 1.165) is 25.3 Å². The van der Waals surface area contributed by atoms with Crippen molar-refractivity contribution in [3.05, 3.63) is 46.0 Å². The standard InChI is InChI=1S/C18H19FN2O3/c19-10-4-5-16-14(6-10)17(23)15(9-20-16)18(24)21-11-2-1-3-12(21)8-13(22)7-11/h4-6,9,11-13,22H,1-3,7-8H2,(H,20,23)/t11-,12+,13?. The summed E-state index contributed by atoms with van der Waals surface area (Å²) < 4.78 is 13.5. The number of aromatic nitrogens is 1. The summed E-state index contributed by atoms with van der Waals surface area (Å²) in [5.74, 6) is -0.820. The molecule has 5 nitrogen and oxygen atoms in total. The van der Waals surface area contributed by atoms with E-state index in [9.17, 15) is 19.1 Å². The molecule has 2 aliphatic rings. The number of rotatable bonds is 1. The molecule has 1 aromatic heterocycles. The van der Waals surface area contributed by atoms with E-state index in [4.69, 9.17) is 0 Å². The lowest BCUT2D eigenvalue weighted by Crippen LogP contribution is -2.56. The number of hydrogen-bond acceptors (Lipinski definition) is 3. The number of aliphatic hydroxyl groups is 1. The predicted octanol–water partition coefficient (Wildman–Crippen LogP) is 2.19. The first-order chi connectivity index (χ1) is 11.5. The zero-order valence-electron chi connectivity index (χ0n) is 13.2. The number of benzene rings is 1. The van der Waals surface area contributed by atoms with Crippen LogP contribution in [0.1, 0.15) is 42.5 Å². The third-order valence-electron chi connectivity index (χ3n) is 5.26. The molecule has 126 valence electrons. The maximum absolute atomic E-state index is 13.5. The van der Waals surface area contributed by atoms with Crippen molar-refractivity contribution in [3.8, 4) is 0 Å². The zero-order valence-corrected chi connectivity index (χ0v) is 13.2. The van der Waals surface area contributed by atoms with Gasteiger partial charge in [0.15, 0.2) is 0 Å². The van der Waals surface area contributed by atoms with Gasteiger partial charge in [0, 0.05) is 29.2 Å². The van der Waals surface area contributed by atoms with Crippen molar-refractivity contribution in [1.82, 2.24) is 9.88 Å². The Balaban J connectivity index is 1.76. The van der Waals surface area contributed by atoms with Gasteiger partial charge in [-0.15, -0.1) is 0 Å². The molecule has 0 spiro atoms. The van der Waals surface area contributed by atoms with Gasteiger partial charge in [0.05, 0.1) is 6.10 Å². The van der Waals surface area contributed by atoms with Crippen LogP contribution in [0.4, 0.5) is 4.39 Å². The van der Waals surface area contributed by atoms with Crippen LogP contribution < -0.4 is 5.43 Å². The largest absolute Gasteiger partial charge is 0.393 e. The molecule has 2 bridgehead atoms. The van der Waals surface area contributed by atoms with E-state index in [1.54, 1.807) is 4.90 Å². The molecule has 1 aromatic carbocycles. The molecule has 0 saturated carbocycles. The SMILES string of the molecule is O=C(c1c[nH]c2ccc(F)cc2c1=O)N1[C@@H]2CCC[C@H]1CC(O)C2. The fourth-order valence-corrected chi connectivity index (χ4v) is 4.17. The number of carbonyl (C=O) groups excluding carboxylic acids is 1. The maximum Gasteiger partial charge on any atom is 0.259 e. The molecule has 1 amide bonds. The fourth-order valence-electron chi connectivity index (χ4n) is 4.17. The predicted molar refractivity (Wildman–Crippen MR) is 87.4 cm³/mol. The summed E-state index contributed by atoms with van der Waals surface area (Å²) >= 11 is 0. The van der Waals surface area contributed by atoms with Gasteiger partial charge in [-0.2, -0.15) is 0 Å². The van der Waals surface area contributed by atoms with Crippen molar-refractivity contribution in [2.24, 2.45) is 0 Å². The quantitative estimate of drug-likeness (QED) is 0.842. The number of aromatic amines is 1. The lowest BCUT2D eigenvalue weighted by molar-refractivity contribution is -0.0151. The van der Waals surface area contributed by atoms with Gasteiger partial charge >= 0.3 is 0 Å². The van der Waals surface area contributed by atoms with Crippen molar-refractivity contribution in [3.63, 3.8) is 0 Å². The van der Waals surface area contributed by atoms with Crippen molar-refractivity contribution in [2.45, 2.75) is 50.3 Å². The molecular formula is C18H19FN2O3. The minimum Gasteiger partial charge on any atom is -0.393 e. The van der Waals surface area contributed by atoms with E-state index < -0.39 is 11.2 Å². The Bertz CT molecular complexity index is 849. The zero-order chi connectivity index (χ0) is 16.8. The van der Waals surface area contributed by atoms with Crippen LogP contribution in [0.3, 0.4) is 0 Å². The summed E-state index contributed by atoms with van der Waals surface area (Å²) in [5.41, 5.74) is 0.103. The number of fused-ring (bicyclic) bond motifs is 3. The summed E-state index contributed by atoms with van der Waals surface area (Å²) in [7, 11) is 0. The highest BCUT2D eigenvalue weighted by molar-refractivity contribution is 5.97. The molecule has 3 atom stereocenters. The van der Waals surface area contributed by atoms with E-state index in [2.05, 4.69) is 4.98 Å². The van der Waals surface area contributed by atoms with Crippen molar-refractivity contribution in [2.75, 3.05) is 0 Å². The average Bonchev–Trinajstić information content (AvgIpc) is 2.54. The molecule has 3 heterocycles. The first kappa shape index (κ1) is 15.3. The van der Waals surface area contributed by atoms with Crippen LogP contribution in [-0.4, -0.2) is 39.1 Å². The van der Waals surface area contributed by atoms with Gasteiger partial charge < -0.3 is 15.0 Å². The molecule has 4 rings (SSSR count). The molecule has 0 aliphatic carbocycles. The third kappa shape index (κ3) is 2.41. The van der Waals surface area contributed by atoms with Crippen LogP contribution in [0, 0.1) is 5.82 Å². The van der Waals surface area contributed by atoms with E-state index in [1.165, 1.54) is 18.3 Å². The minimum atomic E-state index is -0.504. The number of H-pyrrole nitrogens is 1. The normalized spacial score (nSPS) is 26.6. The second kappa shape index (κ2) is 5.70. The summed E-state index contributed by atoms with van der Waals surface area (Å²) in [5, 5.41) is 10.1. The second-order valence-corrected chi connectivity index (χ2v) is 6.80. The van der Waals surface area contributed by atoms with Crippen molar-refractivity contribution in [1.29, 1.82) is 0 Å². The first-order valence-corrected chi connectivity index (χ1v) is 8.36. The molecular weight excluding hydrogens is 311 g/mol. The number of piperidine rings is 2.